The summed E-state index contributed by atoms with van der Waals surface area (Å²) in [5.74, 6) is 0.0685. The first-order chi connectivity index (χ1) is 18.4. The van der Waals surface area contributed by atoms with Gasteiger partial charge in [0.25, 0.3) is 0 Å². The summed E-state index contributed by atoms with van der Waals surface area (Å²) in [6, 6.07) is 18.4. The van der Waals surface area contributed by atoms with E-state index in [4.69, 9.17) is 28.9 Å². The van der Waals surface area contributed by atoms with E-state index in [9.17, 15) is 4.79 Å². The van der Waals surface area contributed by atoms with Gasteiger partial charge in [0.05, 0.1) is 5.69 Å². The molecular weight excluding hydrogens is 515 g/mol. The summed E-state index contributed by atoms with van der Waals surface area (Å²) < 4.78 is 0. The van der Waals surface area contributed by atoms with Crippen molar-refractivity contribution in [3.8, 4) is 0 Å². The molecule has 0 saturated heterocycles. The summed E-state index contributed by atoms with van der Waals surface area (Å²) in [5.41, 5.74) is 9.43. The molecule has 7 heteroatoms. The first-order valence-corrected chi connectivity index (χ1v) is 14.5. The second-order valence-electron chi connectivity index (χ2n) is 10.0. The van der Waals surface area contributed by atoms with Gasteiger partial charge in [-0.25, -0.2) is 9.97 Å². The lowest BCUT2D eigenvalue weighted by molar-refractivity contribution is 0.0974. The number of rotatable bonds is 17. The molecule has 3 rings (SSSR count). The van der Waals surface area contributed by atoms with Gasteiger partial charge in [-0.3, -0.25) is 4.79 Å². The van der Waals surface area contributed by atoms with Crippen molar-refractivity contribution >= 4 is 34.8 Å². The number of aryl methyl sites for hydroxylation is 3. The number of benzene rings is 2. The van der Waals surface area contributed by atoms with E-state index in [1.807, 2.05) is 24.3 Å². The van der Waals surface area contributed by atoms with Gasteiger partial charge in [0.1, 0.15) is 5.69 Å². The topological polar surface area (TPSA) is 72.1 Å². The second kappa shape index (κ2) is 16.5. The lowest BCUT2D eigenvalue weighted by Gasteiger charge is -2.16. The fraction of sp³-hybridized carbons (Fsp3) is 0.452. The molecule has 38 heavy (non-hydrogen) atoms. The molecule has 0 spiro atoms. The summed E-state index contributed by atoms with van der Waals surface area (Å²) in [6.07, 6.45) is 10.8. The summed E-state index contributed by atoms with van der Waals surface area (Å²) in [6.45, 7) is 2.17. The van der Waals surface area contributed by atoms with Crippen LogP contribution in [-0.2, 0) is 19.3 Å². The Hall–Kier alpha value is -2.47. The van der Waals surface area contributed by atoms with Crippen LogP contribution >= 0.6 is 23.2 Å². The van der Waals surface area contributed by atoms with Crippen LogP contribution in [0.25, 0.3) is 0 Å². The molecule has 0 aliphatic carbocycles. The maximum absolute atomic E-state index is 12.7. The van der Waals surface area contributed by atoms with Crippen LogP contribution < -0.4 is 5.73 Å². The van der Waals surface area contributed by atoms with Crippen LogP contribution in [0.2, 0.25) is 10.2 Å². The van der Waals surface area contributed by atoms with Crippen molar-refractivity contribution in [2.24, 2.45) is 0 Å². The van der Waals surface area contributed by atoms with Gasteiger partial charge in [-0.2, -0.15) is 0 Å². The van der Waals surface area contributed by atoms with E-state index in [0.29, 0.717) is 23.6 Å². The molecule has 0 amide bonds. The molecule has 0 bridgehead atoms. The fourth-order valence-corrected chi connectivity index (χ4v) is 4.87. The quantitative estimate of drug-likeness (QED) is 0.137. The minimum Gasteiger partial charge on any atom is -0.382 e. The Morgan fingerprint density at radius 2 is 1.39 bits per heavy atom. The third-order valence-corrected chi connectivity index (χ3v) is 7.37. The van der Waals surface area contributed by atoms with Crippen molar-refractivity contribution in [3.05, 3.63) is 87.3 Å². The summed E-state index contributed by atoms with van der Waals surface area (Å²) in [4.78, 5) is 23.8. The smallest absolute Gasteiger partial charge is 0.185 e. The van der Waals surface area contributed by atoms with E-state index in [1.54, 1.807) is 0 Å². The molecule has 1 heterocycles. The van der Waals surface area contributed by atoms with Crippen LogP contribution in [0, 0.1) is 0 Å². The van der Waals surface area contributed by atoms with Gasteiger partial charge in [0, 0.05) is 11.4 Å². The van der Waals surface area contributed by atoms with Gasteiger partial charge >= 0.3 is 0 Å². The molecule has 3 aromatic rings. The lowest BCUT2D eigenvalue weighted by Crippen LogP contribution is -2.21. The van der Waals surface area contributed by atoms with E-state index < -0.39 is 0 Å². The van der Waals surface area contributed by atoms with E-state index in [1.165, 1.54) is 37.7 Å². The van der Waals surface area contributed by atoms with Crippen molar-refractivity contribution in [1.29, 1.82) is 0 Å². The Bertz CT molecular complexity index is 1120. The lowest BCUT2D eigenvalue weighted by atomic mass is 10.1. The predicted octanol–water partition coefficient (Wildman–Crippen LogP) is 7.63. The highest BCUT2D eigenvalue weighted by Gasteiger charge is 2.17. The maximum atomic E-state index is 12.7. The summed E-state index contributed by atoms with van der Waals surface area (Å²) in [5, 5.41) is 0.949. The molecule has 5 nitrogen and oxygen atoms in total. The Morgan fingerprint density at radius 1 is 0.763 bits per heavy atom. The Kier molecular flexibility index (Phi) is 13.0. The van der Waals surface area contributed by atoms with Crippen LogP contribution in [0.5, 0.6) is 0 Å². The van der Waals surface area contributed by atoms with Crippen LogP contribution in [0.3, 0.4) is 0 Å². The van der Waals surface area contributed by atoms with Crippen LogP contribution in [-0.4, -0.2) is 40.8 Å². The van der Waals surface area contributed by atoms with Crippen molar-refractivity contribution in [2.75, 3.05) is 25.9 Å². The van der Waals surface area contributed by atoms with E-state index in [0.717, 1.165) is 44.3 Å². The summed E-state index contributed by atoms with van der Waals surface area (Å²) >= 11 is 12.3. The zero-order valence-electron chi connectivity index (χ0n) is 22.5. The first-order valence-electron chi connectivity index (χ1n) is 13.7. The third-order valence-electron chi connectivity index (χ3n) is 6.82. The molecule has 0 saturated carbocycles. The average Bonchev–Trinajstić information content (AvgIpc) is 2.92. The van der Waals surface area contributed by atoms with Crippen LogP contribution in [0.1, 0.15) is 78.7 Å². The van der Waals surface area contributed by atoms with E-state index in [-0.39, 0.29) is 22.4 Å². The highest BCUT2D eigenvalue weighted by Crippen LogP contribution is 2.20. The van der Waals surface area contributed by atoms with Gasteiger partial charge in [0.15, 0.2) is 16.8 Å². The number of hydrogen-bond acceptors (Lipinski definition) is 5. The number of aromatic nitrogens is 2. The maximum Gasteiger partial charge on any atom is 0.185 e. The number of Topliss-reactive ketones (excluding diaryl/α,β-unsaturated/α-hetero) is 1. The first kappa shape index (κ1) is 30.1. The minimum atomic E-state index is -0.0926. The highest BCUT2D eigenvalue weighted by molar-refractivity contribution is 6.30. The summed E-state index contributed by atoms with van der Waals surface area (Å²) in [7, 11) is 2.18. The second-order valence-corrected chi connectivity index (χ2v) is 10.8. The van der Waals surface area contributed by atoms with Gasteiger partial charge < -0.3 is 10.6 Å². The molecule has 0 radical (unpaired) electrons. The molecule has 0 unspecified atom stereocenters. The van der Waals surface area contributed by atoms with Crippen molar-refractivity contribution in [2.45, 2.75) is 70.6 Å². The normalized spacial score (nSPS) is 11.3. The third kappa shape index (κ3) is 10.7. The molecule has 1 aromatic heterocycles. The fourth-order valence-electron chi connectivity index (χ4n) is 4.53. The van der Waals surface area contributed by atoms with Crippen molar-refractivity contribution in [1.82, 2.24) is 14.9 Å². The van der Waals surface area contributed by atoms with Crippen LogP contribution in [0.15, 0.2) is 54.6 Å². The number of unbranched alkanes of at least 4 members (excludes halogenated alkanes) is 5. The number of anilines is 1. The number of carbonyl (C=O) groups excluding carboxylic acids is 1. The molecule has 2 aromatic carbocycles. The number of nitrogens with zero attached hydrogens (tertiary/aromatic N) is 3. The number of nitrogen functional groups attached to an aromatic ring is 1. The van der Waals surface area contributed by atoms with Gasteiger partial charge in [0.2, 0.25) is 0 Å². The van der Waals surface area contributed by atoms with E-state index in [2.05, 4.69) is 52.2 Å². The molecule has 0 fully saturated rings. The molecular formula is C31H40Cl2N4O. The minimum absolute atomic E-state index is 0.0926. The zero-order chi connectivity index (χ0) is 27.2. The zero-order valence-corrected chi connectivity index (χ0v) is 24.0. The Morgan fingerprint density at radius 3 is 2.11 bits per heavy atom. The number of ketones is 1. The molecule has 2 N–H and O–H groups in total. The highest BCUT2D eigenvalue weighted by atomic mass is 35.5. The SMILES string of the molecule is CN(CCCCCCc1ccccc1)CCCCCC(=O)c1nc(Cl)c(CCc2ccc(Cl)cc2)nc1N. The van der Waals surface area contributed by atoms with Crippen molar-refractivity contribution in [3.63, 3.8) is 0 Å². The predicted molar refractivity (Wildman–Crippen MR) is 159 cm³/mol. The monoisotopic (exact) mass is 554 g/mol. The largest absolute Gasteiger partial charge is 0.382 e. The number of nitrogens with two attached hydrogens (primary N) is 1. The van der Waals surface area contributed by atoms with E-state index >= 15 is 0 Å². The number of halogens is 2. The standard InChI is InChI=1S/C31H40Cl2N4O/c1-37(22-10-3-2-6-12-24-13-7-4-8-14-24)23-11-5-9-15-28(38)29-31(34)35-27(30(33)36-29)21-18-25-16-19-26(32)20-17-25/h4,7-8,13-14,16-17,19-20H,2-3,5-6,9-12,15,18,21-23H2,1H3,(H2,34,35). The number of hydrogen-bond donors (Lipinski definition) is 1. The number of carbonyl (C=O) groups is 1. The van der Waals surface area contributed by atoms with Crippen molar-refractivity contribution < 1.29 is 4.79 Å². The van der Waals surface area contributed by atoms with Gasteiger partial charge in [-0.05, 0) is 88.3 Å². The van der Waals surface area contributed by atoms with Gasteiger partial charge in [-0.1, -0.05) is 84.9 Å². The molecule has 0 atom stereocenters. The Labute approximate surface area is 237 Å². The van der Waals surface area contributed by atoms with Crippen LogP contribution in [0.4, 0.5) is 5.82 Å². The molecule has 0 aliphatic heterocycles. The molecule has 204 valence electrons. The Balaban J connectivity index is 1.27. The molecule has 0 aliphatic rings. The average molecular weight is 556 g/mol. The van der Waals surface area contributed by atoms with Gasteiger partial charge in [-0.15, -0.1) is 0 Å².